The number of hydrogen-bond donors (Lipinski definition) is 3. The predicted octanol–water partition coefficient (Wildman–Crippen LogP) is 4.93. The highest BCUT2D eigenvalue weighted by molar-refractivity contribution is 6.06. The summed E-state index contributed by atoms with van der Waals surface area (Å²) in [5, 5.41) is 25.1. The van der Waals surface area contributed by atoms with Crippen LogP contribution in [0.15, 0.2) is 122 Å². The smallest absolute Gasteiger partial charge is 0.256 e. The quantitative estimate of drug-likeness (QED) is 0.175. The van der Waals surface area contributed by atoms with Gasteiger partial charge in [0.05, 0.1) is 38.7 Å². The number of carbonyl (C=O) groups excluding carboxylic acids is 1. The number of carbonyl (C=O) groups is 1. The Morgan fingerprint density at radius 1 is 0.898 bits per heavy atom. The molecule has 248 valence electrons. The molecule has 1 aliphatic heterocycles. The fourth-order valence-corrected chi connectivity index (χ4v) is 7.19. The fourth-order valence-electron chi connectivity index (χ4n) is 7.19. The van der Waals surface area contributed by atoms with Gasteiger partial charge in [-0.15, -0.1) is 0 Å². The average Bonchev–Trinajstić information content (AvgIpc) is 3.75. The maximum absolute atomic E-state index is 13.2. The molecule has 1 amide bonds. The van der Waals surface area contributed by atoms with E-state index in [1.807, 2.05) is 84.9 Å². The molecule has 11 heteroatoms. The molecule has 49 heavy (non-hydrogen) atoms. The number of para-hydroxylation sites is 1. The number of imidazole rings is 1. The molecule has 0 radical (unpaired) electrons. The Bertz CT molecular complexity index is 2040. The van der Waals surface area contributed by atoms with Gasteiger partial charge in [0.25, 0.3) is 5.91 Å². The van der Waals surface area contributed by atoms with E-state index in [4.69, 9.17) is 19.2 Å². The van der Waals surface area contributed by atoms with Crippen LogP contribution in [0.5, 0.6) is 11.5 Å². The van der Waals surface area contributed by atoms with E-state index in [9.17, 15) is 15.0 Å². The molecule has 11 nitrogen and oxygen atoms in total. The summed E-state index contributed by atoms with van der Waals surface area (Å²) in [4.78, 5) is 27.0. The van der Waals surface area contributed by atoms with Crippen molar-refractivity contribution in [2.45, 2.75) is 29.8 Å². The van der Waals surface area contributed by atoms with Crippen LogP contribution < -0.4 is 14.8 Å². The number of ether oxygens (including phenoxy) is 3. The zero-order chi connectivity index (χ0) is 34.0. The third-order valence-electron chi connectivity index (χ3n) is 9.24. The Labute approximate surface area is 282 Å². The number of rotatable bonds is 10. The van der Waals surface area contributed by atoms with E-state index in [1.165, 1.54) is 6.33 Å². The van der Waals surface area contributed by atoms with Crippen LogP contribution in [0.25, 0.3) is 11.2 Å². The molecule has 0 bridgehead atoms. The third kappa shape index (κ3) is 5.10. The summed E-state index contributed by atoms with van der Waals surface area (Å²) in [7, 11) is 3.16. The van der Waals surface area contributed by atoms with Gasteiger partial charge in [-0.25, -0.2) is 15.0 Å². The summed E-state index contributed by atoms with van der Waals surface area (Å²) >= 11 is 0. The van der Waals surface area contributed by atoms with Gasteiger partial charge in [0.1, 0.15) is 12.4 Å². The Balaban J connectivity index is 1.58. The lowest BCUT2D eigenvalue weighted by Gasteiger charge is -2.50. The van der Waals surface area contributed by atoms with E-state index >= 15 is 0 Å². The van der Waals surface area contributed by atoms with Crippen LogP contribution in [0.3, 0.4) is 0 Å². The van der Waals surface area contributed by atoms with Crippen LogP contribution in [0.4, 0.5) is 5.82 Å². The maximum atomic E-state index is 13.2. The van der Waals surface area contributed by atoms with Gasteiger partial charge < -0.3 is 29.7 Å². The third-order valence-corrected chi connectivity index (χ3v) is 9.24. The summed E-state index contributed by atoms with van der Waals surface area (Å²) in [5.41, 5.74) is 0.519. The highest BCUT2D eigenvalue weighted by Gasteiger charge is 2.64. The van der Waals surface area contributed by atoms with Crippen LogP contribution in [-0.2, 0) is 15.9 Å². The second-order valence-electron chi connectivity index (χ2n) is 11.7. The first kappa shape index (κ1) is 32.0. The number of amides is 1. The molecule has 0 aliphatic carbocycles. The van der Waals surface area contributed by atoms with Gasteiger partial charge in [0.15, 0.2) is 34.2 Å². The molecule has 0 unspecified atom stereocenters. The largest absolute Gasteiger partial charge is 0.493 e. The lowest BCUT2D eigenvalue weighted by molar-refractivity contribution is -0.143. The summed E-state index contributed by atoms with van der Waals surface area (Å²) < 4.78 is 20.7. The van der Waals surface area contributed by atoms with Crippen molar-refractivity contribution in [1.29, 1.82) is 0 Å². The van der Waals surface area contributed by atoms with Crippen molar-refractivity contribution < 1.29 is 29.2 Å². The van der Waals surface area contributed by atoms with E-state index < -0.39 is 30.0 Å². The normalized spacial score (nSPS) is 19.1. The van der Waals surface area contributed by atoms with Gasteiger partial charge >= 0.3 is 0 Å². The first-order valence-electron chi connectivity index (χ1n) is 15.8. The zero-order valence-electron chi connectivity index (χ0n) is 26.9. The maximum Gasteiger partial charge on any atom is 0.256 e. The zero-order valence-corrected chi connectivity index (χ0v) is 26.9. The van der Waals surface area contributed by atoms with Gasteiger partial charge in [0.2, 0.25) is 0 Å². The van der Waals surface area contributed by atoms with Gasteiger partial charge in [-0.2, -0.15) is 0 Å². The summed E-state index contributed by atoms with van der Waals surface area (Å²) in [6.45, 7) is -0.447. The monoisotopic (exact) mass is 657 g/mol. The minimum absolute atomic E-state index is 0.00352. The number of nitrogens with one attached hydrogen (secondary N) is 1. The molecule has 1 saturated heterocycles. The second-order valence-corrected chi connectivity index (χ2v) is 11.7. The number of nitrogens with zero attached hydrogens (tertiary/aromatic N) is 4. The average molecular weight is 658 g/mol. The first-order chi connectivity index (χ1) is 24.0. The van der Waals surface area contributed by atoms with Crippen LogP contribution in [0.1, 0.15) is 33.5 Å². The van der Waals surface area contributed by atoms with Crippen molar-refractivity contribution in [1.82, 2.24) is 19.5 Å². The van der Waals surface area contributed by atoms with E-state index in [1.54, 1.807) is 49.4 Å². The topological polar surface area (TPSA) is 141 Å². The van der Waals surface area contributed by atoms with Gasteiger partial charge in [-0.1, -0.05) is 91.0 Å². The molecule has 0 spiro atoms. The standard InChI is InChI=1S/C38H35N5O6/c1-47-30-20-12-19-28(33(30)48-2)38(26-15-8-4-9-16-26,27-17-10-5-11-18-27)37(21-29(45)31(22-44)49-37)43-24-41-32-34(39-23-40-35(32)43)42-36(46)25-13-6-3-7-14-25/h3-20,23-24,29,31,44-45H,21-22H2,1-2H3,(H,39,40,42,46)/t29-,31+,37-/m0/s1. The lowest BCUT2D eigenvalue weighted by Crippen LogP contribution is -2.55. The Morgan fingerprint density at radius 2 is 1.55 bits per heavy atom. The number of aromatic nitrogens is 4. The summed E-state index contributed by atoms with van der Waals surface area (Å²) in [5.74, 6) is 0.792. The van der Waals surface area contributed by atoms with Crippen LogP contribution >= 0.6 is 0 Å². The minimum Gasteiger partial charge on any atom is -0.493 e. The molecule has 1 aliphatic rings. The van der Waals surface area contributed by atoms with Gasteiger partial charge in [-0.3, -0.25) is 9.36 Å². The number of anilines is 1. The van der Waals surface area contributed by atoms with Crippen LogP contribution in [0, 0.1) is 0 Å². The van der Waals surface area contributed by atoms with Crippen LogP contribution in [-0.4, -0.2) is 68.7 Å². The molecule has 2 aromatic heterocycles. The molecule has 4 aromatic carbocycles. The van der Waals surface area contributed by atoms with Crippen molar-refractivity contribution in [2.24, 2.45) is 0 Å². The molecule has 1 fully saturated rings. The van der Waals surface area contributed by atoms with E-state index in [-0.39, 0.29) is 18.1 Å². The minimum atomic E-state index is -1.55. The molecule has 0 saturated carbocycles. The molecule has 3 heterocycles. The molecular weight excluding hydrogens is 622 g/mol. The SMILES string of the molecule is COc1cccc(C(c2ccccc2)(c2ccccc2)[C@]2(n3cnc4c(NC(=O)c5ccccc5)ncnc43)C[C@H](O)[C@@H](CO)O2)c1OC. The Morgan fingerprint density at radius 3 is 2.14 bits per heavy atom. The number of benzene rings is 4. The van der Waals surface area contributed by atoms with Crippen LogP contribution in [0.2, 0.25) is 0 Å². The molecule has 3 N–H and O–H groups in total. The number of hydrogen-bond acceptors (Lipinski definition) is 9. The molecule has 3 atom stereocenters. The van der Waals surface area contributed by atoms with Crippen molar-refractivity contribution in [3.05, 3.63) is 144 Å². The Kier molecular flexibility index (Phi) is 8.55. The highest BCUT2D eigenvalue weighted by atomic mass is 16.6. The summed E-state index contributed by atoms with van der Waals surface area (Å²) in [6, 6.07) is 34.0. The van der Waals surface area contributed by atoms with Crippen molar-refractivity contribution in [3.8, 4) is 11.5 Å². The number of aliphatic hydroxyl groups excluding tert-OH is 2. The number of methoxy groups -OCH3 is 2. The second kappa shape index (κ2) is 13.1. The number of fused-ring (bicyclic) bond motifs is 1. The van der Waals surface area contributed by atoms with E-state index in [2.05, 4.69) is 15.3 Å². The summed E-state index contributed by atoms with van der Waals surface area (Å²) in [6.07, 6.45) is 0.869. The fraction of sp³-hybridized carbons (Fsp3) is 0.211. The lowest BCUT2D eigenvalue weighted by atomic mass is 9.61. The number of aliphatic hydroxyl groups is 2. The van der Waals surface area contributed by atoms with Crippen molar-refractivity contribution in [3.63, 3.8) is 0 Å². The molecule has 6 aromatic rings. The highest BCUT2D eigenvalue weighted by Crippen LogP contribution is 2.60. The van der Waals surface area contributed by atoms with Crippen molar-refractivity contribution in [2.75, 3.05) is 26.1 Å². The first-order valence-corrected chi connectivity index (χ1v) is 15.8. The van der Waals surface area contributed by atoms with E-state index in [0.717, 1.165) is 11.1 Å². The molecular formula is C38H35N5O6. The Hall–Kier alpha value is -5.62. The molecule has 7 rings (SSSR count). The van der Waals surface area contributed by atoms with Gasteiger partial charge in [-0.05, 0) is 29.3 Å². The van der Waals surface area contributed by atoms with E-state index in [0.29, 0.717) is 33.8 Å². The van der Waals surface area contributed by atoms with Gasteiger partial charge in [0, 0.05) is 17.5 Å². The van der Waals surface area contributed by atoms with Crippen molar-refractivity contribution >= 4 is 22.9 Å². The predicted molar refractivity (Wildman–Crippen MR) is 183 cm³/mol.